The van der Waals surface area contributed by atoms with Crippen LogP contribution in [0.2, 0.25) is 0 Å². The monoisotopic (exact) mass is 321 g/mol. The summed E-state index contributed by atoms with van der Waals surface area (Å²) in [7, 11) is 1.41. The number of aromatic nitrogens is 1. The van der Waals surface area contributed by atoms with Crippen molar-refractivity contribution in [3.05, 3.63) is 46.6 Å². The highest BCUT2D eigenvalue weighted by Crippen LogP contribution is 2.21. The number of fused-ring (bicyclic) bond motifs is 1. The van der Waals surface area contributed by atoms with Crippen molar-refractivity contribution in [2.75, 3.05) is 7.11 Å². The SMILES string of the molecule is CCC(=CCn1ccc2ccc(Br)cc21)C(=O)OC. The minimum atomic E-state index is -0.250. The van der Waals surface area contributed by atoms with Gasteiger partial charge in [-0.15, -0.1) is 0 Å². The van der Waals surface area contributed by atoms with E-state index in [0.29, 0.717) is 18.5 Å². The maximum Gasteiger partial charge on any atom is 0.333 e. The maximum absolute atomic E-state index is 11.5. The first-order valence-electron chi connectivity index (χ1n) is 6.17. The number of allylic oxidation sites excluding steroid dienone is 1. The van der Waals surface area contributed by atoms with Crippen LogP contribution in [0.4, 0.5) is 0 Å². The van der Waals surface area contributed by atoms with Crippen molar-refractivity contribution in [3.63, 3.8) is 0 Å². The van der Waals surface area contributed by atoms with E-state index in [1.54, 1.807) is 0 Å². The van der Waals surface area contributed by atoms with Gasteiger partial charge in [0.25, 0.3) is 0 Å². The highest BCUT2D eigenvalue weighted by molar-refractivity contribution is 9.10. The molecule has 1 heterocycles. The predicted molar refractivity (Wildman–Crippen MR) is 80.0 cm³/mol. The van der Waals surface area contributed by atoms with Gasteiger partial charge in [-0.05, 0) is 30.0 Å². The Morgan fingerprint density at radius 3 is 2.89 bits per heavy atom. The van der Waals surface area contributed by atoms with Gasteiger partial charge >= 0.3 is 5.97 Å². The van der Waals surface area contributed by atoms with E-state index in [4.69, 9.17) is 4.74 Å². The van der Waals surface area contributed by atoms with Crippen molar-refractivity contribution in [1.29, 1.82) is 0 Å². The van der Waals surface area contributed by atoms with Crippen LogP contribution in [0.15, 0.2) is 46.6 Å². The standard InChI is InChI=1S/C15H16BrNO2/c1-3-11(15(18)19-2)6-8-17-9-7-12-4-5-13(16)10-14(12)17/h4-7,9-10H,3,8H2,1-2H3. The Kier molecular flexibility index (Phi) is 4.43. The van der Waals surface area contributed by atoms with Gasteiger partial charge in [-0.3, -0.25) is 0 Å². The summed E-state index contributed by atoms with van der Waals surface area (Å²) >= 11 is 3.48. The molecule has 0 aliphatic carbocycles. The molecule has 4 heteroatoms. The van der Waals surface area contributed by atoms with Crippen LogP contribution in [0.5, 0.6) is 0 Å². The van der Waals surface area contributed by atoms with Gasteiger partial charge in [0.15, 0.2) is 0 Å². The Bertz CT molecular complexity index is 628. The van der Waals surface area contributed by atoms with Gasteiger partial charge in [0, 0.05) is 28.3 Å². The van der Waals surface area contributed by atoms with Crippen molar-refractivity contribution in [2.45, 2.75) is 19.9 Å². The van der Waals surface area contributed by atoms with Crippen LogP contribution in [-0.2, 0) is 16.1 Å². The van der Waals surface area contributed by atoms with Crippen molar-refractivity contribution in [1.82, 2.24) is 4.57 Å². The number of benzene rings is 1. The molecule has 0 aliphatic heterocycles. The normalized spacial score (nSPS) is 11.8. The number of methoxy groups -OCH3 is 1. The number of hydrogen-bond donors (Lipinski definition) is 0. The van der Waals surface area contributed by atoms with E-state index in [-0.39, 0.29) is 5.97 Å². The molecule has 0 fully saturated rings. The molecule has 0 unspecified atom stereocenters. The number of carbonyl (C=O) groups is 1. The van der Waals surface area contributed by atoms with Gasteiger partial charge < -0.3 is 9.30 Å². The summed E-state index contributed by atoms with van der Waals surface area (Å²) in [6.45, 7) is 2.62. The van der Waals surface area contributed by atoms with E-state index in [0.717, 1.165) is 9.99 Å². The van der Waals surface area contributed by atoms with Crippen molar-refractivity contribution >= 4 is 32.8 Å². The largest absolute Gasteiger partial charge is 0.466 e. The van der Waals surface area contributed by atoms with Crippen LogP contribution in [-0.4, -0.2) is 17.6 Å². The molecule has 0 radical (unpaired) electrons. The lowest BCUT2D eigenvalue weighted by Crippen LogP contribution is -2.05. The number of hydrogen-bond acceptors (Lipinski definition) is 2. The molecule has 3 nitrogen and oxygen atoms in total. The number of nitrogens with zero attached hydrogens (tertiary/aromatic N) is 1. The molecule has 0 atom stereocenters. The van der Waals surface area contributed by atoms with Crippen molar-refractivity contribution in [2.24, 2.45) is 0 Å². The van der Waals surface area contributed by atoms with Crippen LogP contribution < -0.4 is 0 Å². The average molecular weight is 322 g/mol. The van der Waals surface area contributed by atoms with Gasteiger partial charge in [-0.2, -0.15) is 0 Å². The molecule has 0 spiro atoms. The molecule has 2 rings (SSSR count). The zero-order valence-electron chi connectivity index (χ0n) is 11.0. The molecule has 0 aliphatic rings. The van der Waals surface area contributed by atoms with Crippen LogP contribution in [0.1, 0.15) is 13.3 Å². The van der Waals surface area contributed by atoms with Crippen molar-refractivity contribution in [3.8, 4) is 0 Å². The zero-order valence-corrected chi connectivity index (χ0v) is 12.6. The highest BCUT2D eigenvalue weighted by Gasteiger charge is 2.07. The molecule has 1 aromatic carbocycles. The summed E-state index contributed by atoms with van der Waals surface area (Å²) in [6.07, 6.45) is 4.62. The van der Waals surface area contributed by atoms with E-state index in [1.807, 2.05) is 25.3 Å². The van der Waals surface area contributed by atoms with Crippen molar-refractivity contribution < 1.29 is 9.53 Å². The minimum absolute atomic E-state index is 0.250. The topological polar surface area (TPSA) is 31.2 Å². The number of halogens is 1. The molecule has 0 amide bonds. The fraction of sp³-hybridized carbons (Fsp3) is 0.267. The second kappa shape index (κ2) is 6.06. The third kappa shape index (κ3) is 3.07. The van der Waals surface area contributed by atoms with E-state index < -0.39 is 0 Å². The average Bonchev–Trinajstić information content (AvgIpc) is 2.81. The number of rotatable bonds is 4. The van der Waals surface area contributed by atoms with E-state index in [9.17, 15) is 4.79 Å². The number of ether oxygens (including phenoxy) is 1. The second-order valence-corrected chi connectivity index (χ2v) is 5.16. The van der Waals surface area contributed by atoms with Gasteiger partial charge in [0.1, 0.15) is 0 Å². The fourth-order valence-corrected chi connectivity index (χ4v) is 2.38. The molecule has 0 N–H and O–H groups in total. The van der Waals surface area contributed by atoms with Gasteiger partial charge in [0.2, 0.25) is 0 Å². The first kappa shape index (κ1) is 13.9. The van der Waals surface area contributed by atoms with Gasteiger partial charge in [0.05, 0.1) is 7.11 Å². The third-order valence-electron chi connectivity index (χ3n) is 3.10. The summed E-state index contributed by atoms with van der Waals surface area (Å²) < 4.78 is 7.91. The summed E-state index contributed by atoms with van der Waals surface area (Å²) in [5.74, 6) is -0.250. The summed E-state index contributed by atoms with van der Waals surface area (Å²) in [5, 5.41) is 1.19. The molecular formula is C15H16BrNO2. The minimum Gasteiger partial charge on any atom is -0.466 e. The van der Waals surface area contributed by atoms with Crippen LogP contribution >= 0.6 is 15.9 Å². The predicted octanol–water partition coefficient (Wildman–Crippen LogP) is 3.91. The number of esters is 1. The lowest BCUT2D eigenvalue weighted by atomic mass is 10.2. The van der Waals surface area contributed by atoms with Crippen LogP contribution in [0.3, 0.4) is 0 Å². The molecule has 0 saturated carbocycles. The summed E-state index contributed by atoms with van der Waals surface area (Å²) in [4.78, 5) is 11.5. The first-order chi connectivity index (χ1) is 9.15. The second-order valence-electron chi connectivity index (χ2n) is 4.25. The van der Waals surface area contributed by atoms with Gasteiger partial charge in [-0.25, -0.2) is 4.79 Å². The molecule has 19 heavy (non-hydrogen) atoms. The highest BCUT2D eigenvalue weighted by atomic mass is 79.9. The maximum atomic E-state index is 11.5. The lowest BCUT2D eigenvalue weighted by molar-refractivity contribution is -0.136. The molecular weight excluding hydrogens is 306 g/mol. The third-order valence-corrected chi connectivity index (χ3v) is 3.59. The first-order valence-corrected chi connectivity index (χ1v) is 6.96. The van der Waals surface area contributed by atoms with Crippen LogP contribution in [0, 0.1) is 0 Å². The quantitative estimate of drug-likeness (QED) is 0.631. The Morgan fingerprint density at radius 1 is 1.42 bits per heavy atom. The molecule has 0 bridgehead atoms. The van der Waals surface area contributed by atoms with E-state index in [2.05, 4.69) is 38.7 Å². The van der Waals surface area contributed by atoms with E-state index in [1.165, 1.54) is 12.5 Å². The Labute approximate surface area is 121 Å². The number of carbonyl (C=O) groups excluding carboxylic acids is 1. The van der Waals surface area contributed by atoms with E-state index >= 15 is 0 Å². The Balaban J connectivity index is 2.28. The lowest BCUT2D eigenvalue weighted by Gasteiger charge is -2.05. The summed E-state index contributed by atoms with van der Waals surface area (Å²) in [6, 6.07) is 8.24. The Morgan fingerprint density at radius 2 is 2.21 bits per heavy atom. The zero-order chi connectivity index (χ0) is 13.8. The van der Waals surface area contributed by atoms with Crippen LogP contribution in [0.25, 0.3) is 10.9 Å². The molecule has 100 valence electrons. The molecule has 1 aromatic heterocycles. The molecule has 0 saturated heterocycles. The smallest absolute Gasteiger partial charge is 0.333 e. The molecule has 2 aromatic rings. The van der Waals surface area contributed by atoms with Gasteiger partial charge in [-0.1, -0.05) is 35.0 Å². The Hall–Kier alpha value is -1.55. The fourth-order valence-electron chi connectivity index (χ4n) is 2.03. The summed E-state index contributed by atoms with van der Waals surface area (Å²) in [5.41, 5.74) is 1.85.